The van der Waals surface area contributed by atoms with Gasteiger partial charge in [0.2, 0.25) is 5.91 Å². The third-order valence-electron chi connectivity index (χ3n) is 4.00. The number of carbonyl (C=O) groups is 1. The summed E-state index contributed by atoms with van der Waals surface area (Å²) in [7, 11) is 1.52. The predicted molar refractivity (Wildman–Crippen MR) is 85.4 cm³/mol. The lowest BCUT2D eigenvalue weighted by Gasteiger charge is -2.09. The van der Waals surface area contributed by atoms with Crippen molar-refractivity contribution in [2.24, 2.45) is 0 Å². The van der Waals surface area contributed by atoms with Crippen molar-refractivity contribution in [3.05, 3.63) is 41.7 Å². The van der Waals surface area contributed by atoms with E-state index in [-0.39, 0.29) is 24.8 Å². The molecule has 0 atom stereocenters. The van der Waals surface area contributed by atoms with Crippen molar-refractivity contribution in [1.29, 1.82) is 0 Å². The fourth-order valence-corrected chi connectivity index (χ4v) is 2.59. The molecule has 0 unspecified atom stereocenters. The van der Waals surface area contributed by atoms with Gasteiger partial charge in [0.1, 0.15) is 5.75 Å². The lowest BCUT2D eigenvalue weighted by Crippen LogP contribution is -2.16. The Morgan fingerprint density at radius 2 is 2.12 bits per heavy atom. The molecule has 0 bridgehead atoms. The number of carbonyl (C=O) groups excluding carboxylic acids is 1. The van der Waals surface area contributed by atoms with E-state index < -0.39 is 11.9 Å². The molecule has 1 N–H and O–H groups in total. The quantitative estimate of drug-likeness (QED) is 0.859. The van der Waals surface area contributed by atoms with E-state index in [0.717, 1.165) is 18.9 Å². The minimum atomic E-state index is -4.47. The fourth-order valence-electron chi connectivity index (χ4n) is 2.59. The first-order valence-electron chi connectivity index (χ1n) is 7.95. The number of halogens is 3. The summed E-state index contributed by atoms with van der Waals surface area (Å²) in [5.74, 6) is 0.430. The molecule has 0 aliphatic heterocycles. The van der Waals surface area contributed by atoms with Gasteiger partial charge in [0, 0.05) is 36.3 Å². The Kier molecular flexibility index (Phi) is 4.69. The van der Waals surface area contributed by atoms with Crippen LogP contribution in [0.15, 0.2) is 30.3 Å². The summed E-state index contributed by atoms with van der Waals surface area (Å²) in [5.41, 5.74) is 0.229. The highest BCUT2D eigenvalue weighted by Gasteiger charge is 2.37. The predicted octanol–water partition coefficient (Wildman–Crippen LogP) is 3.82. The van der Waals surface area contributed by atoms with Crippen LogP contribution in [-0.4, -0.2) is 22.8 Å². The van der Waals surface area contributed by atoms with Crippen LogP contribution in [0.2, 0.25) is 0 Å². The van der Waals surface area contributed by atoms with Gasteiger partial charge >= 0.3 is 6.18 Å². The van der Waals surface area contributed by atoms with Gasteiger partial charge in [-0.3, -0.25) is 9.48 Å². The van der Waals surface area contributed by atoms with Crippen LogP contribution in [0.1, 0.15) is 36.6 Å². The molecule has 1 saturated carbocycles. The molecule has 1 aliphatic rings. The second-order valence-corrected chi connectivity index (χ2v) is 5.98. The molecule has 0 saturated heterocycles. The molecule has 2 aromatic rings. The lowest BCUT2D eigenvalue weighted by molar-refractivity contribution is -0.141. The highest BCUT2D eigenvalue weighted by atomic mass is 19.4. The van der Waals surface area contributed by atoms with Crippen LogP contribution in [0.4, 0.5) is 18.9 Å². The Labute approximate surface area is 142 Å². The van der Waals surface area contributed by atoms with Crippen molar-refractivity contribution < 1.29 is 22.7 Å². The Hall–Kier alpha value is -2.51. The Morgan fingerprint density at radius 1 is 1.36 bits per heavy atom. The molecule has 134 valence electrons. The molecule has 1 aromatic carbocycles. The largest absolute Gasteiger partial charge is 0.497 e. The van der Waals surface area contributed by atoms with Gasteiger partial charge in [-0.25, -0.2) is 0 Å². The van der Waals surface area contributed by atoms with Crippen LogP contribution in [0.3, 0.4) is 0 Å². The molecule has 1 aromatic heterocycles. The number of hydrogen-bond donors (Lipinski definition) is 1. The zero-order valence-corrected chi connectivity index (χ0v) is 13.6. The SMILES string of the molecule is COc1cccc(NC(=O)CCn2nc(C(F)(F)F)cc2C2CC2)c1. The second-order valence-electron chi connectivity index (χ2n) is 5.98. The summed E-state index contributed by atoms with van der Waals surface area (Å²) in [6.45, 7) is 0.109. The van der Waals surface area contributed by atoms with E-state index in [1.807, 2.05) is 0 Å². The molecule has 1 heterocycles. The van der Waals surface area contributed by atoms with E-state index in [1.165, 1.54) is 11.8 Å². The highest BCUT2D eigenvalue weighted by Crippen LogP contribution is 2.42. The Morgan fingerprint density at radius 3 is 2.76 bits per heavy atom. The number of methoxy groups -OCH3 is 1. The van der Waals surface area contributed by atoms with E-state index in [2.05, 4.69) is 10.4 Å². The molecule has 25 heavy (non-hydrogen) atoms. The normalized spacial score (nSPS) is 14.4. The molecule has 0 spiro atoms. The molecule has 8 heteroatoms. The Balaban J connectivity index is 1.64. The number of anilines is 1. The molecular formula is C17H18F3N3O2. The highest BCUT2D eigenvalue weighted by molar-refractivity contribution is 5.90. The van der Waals surface area contributed by atoms with Crippen molar-refractivity contribution in [1.82, 2.24) is 9.78 Å². The van der Waals surface area contributed by atoms with Crippen LogP contribution in [0.25, 0.3) is 0 Å². The van der Waals surface area contributed by atoms with Gasteiger partial charge in [0.25, 0.3) is 0 Å². The average molecular weight is 353 g/mol. The van der Waals surface area contributed by atoms with Gasteiger partial charge in [-0.15, -0.1) is 0 Å². The number of rotatable bonds is 6. The average Bonchev–Trinajstić information content (AvgIpc) is 3.31. The van der Waals surface area contributed by atoms with Crippen LogP contribution < -0.4 is 10.1 Å². The smallest absolute Gasteiger partial charge is 0.435 e. The summed E-state index contributed by atoms with van der Waals surface area (Å²) in [6.07, 6.45) is -2.72. The summed E-state index contributed by atoms with van der Waals surface area (Å²) in [6, 6.07) is 7.97. The minimum absolute atomic E-state index is 0.0376. The van der Waals surface area contributed by atoms with E-state index in [0.29, 0.717) is 17.1 Å². The van der Waals surface area contributed by atoms with Crippen molar-refractivity contribution >= 4 is 11.6 Å². The van der Waals surface area contributed by atoms with E-state index in [4.69, 9.17) is 4.74 Å². The number of benzene rings is 1. The Bertz CT molecular complexity index is 767. The number of hydrogen-bond acceptors (Lipinski definition) is 3. The van der Waals surface area contributed by atoms with E-state index >= 15 is 0 Å². The molecule has 1 amide bonds. The molecule has 1 fully saturated rings. The van der Waals surface area contributed by atoms with Crippen LogP contribution in [0, 0.1) is 0 Å². The number of alkyl halides is 3. The topological polar surface area (TPSA) is 56.1 Å². The lowest BCUT2D eigenvalue weighted by atomic mass is 10.2. The summed E-state index contributed by atoms with van der Waals surface area (Å²) < 4.78 is 45.0. The first-order valence-corrected chi connectivity index (χ1v) is 7.95. The number of nitrogens with zero attached hydrogens (tertiary/aromatic N) is 2. The van der Waals surface area contributed by atoms with Crippen LogP contribution in [-0.2, 0) is 17.5 Å². The van der Waals surface area contributed by atoms with Gasteiger partial charge in [-0.2, -0.15) is 18.3 Å². The first-order chi connectivity index (χ1) is 11.9. The molecule has 5 nitrogen and oxygen atoms in total. The maximum absolute atomic E-state index is 12.9. The third kappa shape index (κ3) is 4.32. The number of ether oxygens (including phenoxy) is 1. The van der Waals surface area contributed by atoms with Gasteiger partial charge < -0.3 is 10.1 Å². The van der Waals surface area contributed by atoms with E-state index in [9.17, 15) is 18.0 Å². The standard InChI is InChI=1S/C17H18F3N3O2/c1-25-13-4-2-3-12(9-13)21-16(24)7-8-23-14(11-5-6-11)10-15(22-23)17(18,19)20/h2-4,9-11H,5-8H2,1H3,(H,21,24). The molecule has 3 rings (SSSR count). The summed E-state index contributed by atoms with van der Waals surface area (Å²) >= 11 is 0. The number of aryl methyl sites for hydroxylation is 1. The molecular weight excluding hydrogens is 335 g/mol. The maximum Gasteiger partial charge on any atom is 0.435 e. The molecule has 0 radical (unpaired) electrons. The van der Waals surface area contributed by atoms with Crippen LogP contribution >= 0.6 is 0 Å². The first kappa shape index (κ1) is 17.3. The van der Waals surface area contributed by atoms with Gasteiger partial charge in [-0.1, -0.05) is 6.07 Å². The maximum atomic E-state index is 12.9. The zero-order valence-electron chi connectivity index (χ0n) is 13.6. The number of aromatic nitrogens is 2. The van der Waals surface area contributed by atoms with E-state index in [1.54, 1.807) is 24.3 Å². The second kappa shape index (κ2) is 6.78. The van der Waals surface area contributed by atoms with Crippen molar-refractivity contribution in [3.8, 4) is 5.75 Å². The van der Waals surface area contributed by atoms with Crippen LogP contribution in [0.5, 0.6) is 5.75 Å². The summed E-state index contributed by atoms with van der Waals surface area (Å²) in [4.78, 5) is 12.1. The van der Waals surface area contributed by atoms with Crippen molar-refractivity contribution in [2.45, 2.75) is 37.9 Å². The van der Waals surface area contributed by atoms with Crippen molar-refractivity contribution in [2.75, 3.05) is 12.4 Å². The van der Waals surface area contributed by atoms with Gasteiger partial charge in [-0.05, 0) is 31.0 Å². The number of amides is 1. The third-order valence-corrected chi connectivity index (χ3v) is 4.00. The number of nitrogens with one attached hydrogen (secondary N) is 1. The molecule has 1 aliphatic carbocycles. The zero-order chi connectivity index (χ0) is 18.0. The minimum Gasteiger partial charge on any atom is -0.497 e. The van der Waals surface area contributed by atoms with Gasteiger partial charge in [0.05, 0.1) is 7.11 Å². The van der Waals surface area contributed by atoms with Gasteiger partial charge in [0.15, 0.2) is 5.69 Å². The summed E-state index contributed by atoms with van der Waals surface area (Å²) in [5, 5.41) is 6.35. The van der Waals surface area contributed by atoms with Crippen molar-refractivity contribution in [3.63, 3.8) is 0 Å². The monoisotopic (exact) mass is 353 g/mol. The fraction of sp³-hybridized carbons (Fsp3) is 0.412.